The van der Waals surface area contributed by atoms with Gasteiger partial charge >= 0.3 is 0 Å². The third-order valence-corrected chi connectivity index (χ3v) is 9.50. The summed E-state index contributed by atoms with van der Waals surface area (Å²) in [6.45, 7) is 2.36. The van der Waals surface area contributed by atoms with E-state index in [2.05, 4.69) is 22.3 Å². The Morgan fingerprint density at radius 2 is 1.93 bits per heavy atom. The average Bonchev–Trinajstić information content (AvgIpc) is 2.96. The number of aliphatic imine (C=N–C) groups is 1. The predicted octanol–water partition coefficient (Wildman–Crippen LogP) is 5.80. The number of carbonyl (C=O) groups is 2. The Hall–Kier alpha value is -2.30. The van der Waals surface area contributed by atoms with Crippen LogP contribution in [0.15, 0.2) is 46.6 Å². The molecule has 1 aromatic carbocycles. The summed E-state index contributed by atoms with van der Waals surface area (Å²) in [4.78, 5) is 33.7. The highest BCUT2D eigenvalue weighted by atomic mass is 32.2. The van der Waals surface area contributed by atoms with Crippen LogP contribution in [-0.2, 0) is 14.3 Å². The number of unbranched alkanes of at least 4 members (excludes halogenated alkanes) is 2. The van der Waals surface area contributed by atoms with E-state index in [1.165, 1.54) is 19.3 Å². The van der Waals surface area contributed by atoms with Crippen molar-refractivity contribution in [1.82, 2.24) is 10.2 Å². The minimum Gasteiger partial charge on any atom is -0.378 e. The van der Waals surface area contributed by atoms with Gasteiger partial charge in [-0.15, -0.1) is 0 Å². The minimum atomic E-state index is -2.52. The molecule has 0 bridgehead atoms. The first-order valence-corrected chi connectivity index (χ1v) is 15.9. The Labute approximate surface area is 247 Å². The third kappa shape index (κ3) is 9.89. The van der Waals surface area contributed by atoms with Crippen LogP contribution < -0.4 is 10.2 Å². The number of hydrogen-bond donors (Lipinski definition) is 1. The number of alkyl halides is 2. The normalized spacial score (nSPS) is 20.2. The van der Waals surface area contributed by atoms with E-state index >= 15 is 0 Å². The second kappa shape index (κ2) is 15.8. The van der Waals surface area contributed by atoms with Gasteiger partial charge in [0.25, 0.3) is 0 Å². The Bertz CT molecular complexity index is 1050. The minimum absolute atomic E-state index is 0.0183. The summed E-state index contributed by atoms with van der Waals surface area (Å²) >= 11 is 1.78. The third-order valence-electron chi connectivity index (χ3n) is 8.12. The SMILES string of the molecule is CN(C(=NC1=C(C=O)CN(C(=O)CNCCCCCOC2CCC(F)(F)CC2)CC1)SC1CCC1)c1ccccc1. The van der Waals surface area contributed by atoms with Gasteiger partial charge in [-0.25, -0.2) is 13.8 Å². The summed E-state index contributed by atoms with van der Waals surface area (Å²) in [6, 6.07) is 10.1. The van der Waals surface area contributed by atoms with Gasteiger partial charge in [0, 0.05) is 56.0 Å². The molecule has 1 aliphatic heterocycles. The van der Waals surface area contributed by atoms with Crippen molar-refractivity contribution in [3.05, 3.63) is 41.6 Å². The quantitative estimate of drug-likeness (QED) is 0.135. The molecular formula is C31H44F2N4O3S. The summed E-state index contributed by atoms with van der Waals surface area (Å²) in [5.41, 5.74) is 2.39. The summed E-state index contributed by atoms with van der Waals surface area (Å²) in [6.07, 6.45) is 8.44. The lowest BCUT2D eigenvalue weighted by atomic mass is 9.94. The number of rotatable bonds is 13. The summed E-state index contributed by atoms with van der Waals surface area (Å²) in [5.74, 6) is -2.54. The number of anilines is 1. The molecule has 41 heavy (non-hydrogen) atoms. The van der Waals surface area contributed by atoms with Gasteiger partial charge in [-0.2, -0.15) is 0 Å². The van der Waals surface area contributed by atoms with Crippen LogP contribution in [0.1, 0.15) is 70.6 Å². The van der Waals surface area contributed by atoms with Crippen LogP contribution >= 0.6 is 11.8 Å². The number of hydrogen-bond acceptors (Lipinski definition) is 6. The van der Waals surface area contributed by atoms with Crippen molar-refractivity contribution in [3.8, 4) is 0 Å². The molecule has 10 heteroatoms. The molecule has 0 atom stereocenters. The molecule has 1 N–H and O–H groups in total. The number of amides is 1. The lowest BCUT2D eigenvalue weighted by molar-refractivity contribution is -0.130. The zero-order valence-electron chi connectivity index (χ0n) is 24.2. The maximum absolute atomic E-state index is 13.2. The Kier molecular flexibility index (Phi) is 12.2. The maximum atomic E-state index is 13.2. The van der Waals surface area contributed by atoms with Crippen LogP contribution in [-0.4, -0.2) is 79.4 Å². The number of halogens is 2. The molecule has 7 nitrogen and oxygen atoms in total. The molecule has 0 saturated heterocycles. The highest BCUT2D eigenvalue weighted by Gasteiger charge is 2.35. The molecule has 1 amide bonds. The van der Waals surface area contributed by atoms with E-state index < -0.39 is 5.92 Å². The van der Waals surface area contributed by atoms with Crippen molar-refractivity contribution >= 4 is 34.8 Å². The number of para-hydroxylation sites is 1. The van der Waals surface area contributed by atoms with Crippen LogP contribution in [0.4, 0.5) is 14.5 Å². The monoisotopic (exact) mass is 590 g/mol. The van der Waals surface area contributed by atoms with E-state index in [0.29, 0.717) is 49.8 Å². The standard InChI is InChI=1S/C31H44F2N4O3S/c1-36(25-9-4-2-5-10-25)30(41-27-11-8-12-27)35-28-15-19-37(22-24(28)23-38)29(39)21-34-18-6-3-7-20-40-26-13-16-31(32,33)17-14-26/h2,4-5,9-10,23,26-27,34H,3,6-8,11-22H2,1H3. The molecule has 2 saturated carbocycles. The zero-order chi connectivity index (χ0) is 29.1. The van der Waals surface area contributed by atoms with Crippen LogP contribution in [0, 0.1) is 0 Å². The molecule has 2 aliphatic carbocycles. The number of aldehydes is 1. The number of thioether (sulfide) groups is 1. The molecule has 2 fully saturated rings. The van der Waals surface area contributed by atoms with Gasteiger partial charge in [0.15, 0.2) is 5.17 Å². The Balaban J connectivity index is 1.19. The van der Waals surface area contributed by atoms with Crippen LogP contribution in [0.2, 0.25) is 0 Å². The number of ether oxygens (including phenoxy) is 1. The fraction of sp³-hybridized carbons (Fsp3) is 0.645. The number of nitrogens with one attached hydrogen (secondary N) is 1. The number of benzene rings is 1. The molecule has 4 rings (SSSR count). The van der Waals surface area contributed by atoms with E-state index in [0.717, 1.165) is 42.1 Å². The van der Waals surface area contributed by atoms with Crippen LogP contribution in [0.25, 0.3) is 0 Å². The maximum Gasteiger partial charge on any atom is 0.248 e. The lowest BCUT2D eigenvalue weighted by Gasteiger charge is -2.31. The van der Waals surface area contributed by atoms with Crippen LogP contribution in [0.5, 0.6) is 0 Å². The Morgan fingerprint density at radius 1 is 1.17 bits per heavy atom. The predicted molar refractivity (Wildman–Crippen MR) is 162 cm³/mol. The van der Waals surface area contributed by atoms with Crippen molar-refractivity contribution in [2.45, 2.75) is 87.9 Å². The molecule has 0 unspecified atom stereocenters. The lowest BCUT2D eigenvalue weighted by Crippen LogP contribution is -2.42. The summed E-state index contributed by atoms with van der Waals surface area (Å²) < 4.78 is 32.2. The smallest absolute Gasteiger partial charge is 0.248 e. The molecule has 1 aromatic rings. The van der Waals surface area contributed by atoms with E-state index in [-0.39, 0.29) is 37.9 Å². The first-order valence-electron chi connectivity index (χ1n) is 15.0. The van der Waals surface area contributed by atoms with Crippen molar-refractivity contribution in [1.29, 1.82) is 0 Å². The van der Waals surface area contributed by atoms with E-state index in [9.17, 15) is 18.4 Å². The van der Waals surface area contributed by atoms with Gasteiger partial charge in [-0.3, -0.25) is 9.59 Å². The van der Waals surface area contributed by atoms with Gasteiger partial charge in [-0.05, 0) is 63.6 Å². The first kappa shape index (κ1) is 31.6. The first-order chi connectivity index (χ1) is 19.8. The van der Waals surface area contributed by atoms with Gasteiger partial charge < -0.3 is 19.9 Å². The number of carbonyl (C=O) groups excluding carboxylic acids is 2. The molecule has 0 aromatic heterocycles. The molecule has 0 spiro atoms. The zero-order valence-corrected chi connectivity index (χ0v) is 25.0. The number of amidine groups is 1. The van der Waals surface area contributed by atoms with Crippen molar-refractivity contribution < 1.29 is 23.1 Å². The Morgan fingerprint density at radius 3 is 2.61 bits per heavy atom. The van der Waals surface area contributed by atoms with E-state index in [1.807, 2.05) is 25.2 Å². The second-order valence-electron chi connectivity index (χ2n) is 11.3. The summed E-state index contributed by atoms with van der Waals surface area (Å²) in [5, 5.41) is 4.66. The topological polar surface area (TPSA) is 74.2 Å². The van der Waals surface area contributed by atoms with Crippen molar-refractivity contribution in [3.63, 3.8) is 0 Å². The van der Waals surface area contributed by atoms with Gasteiger partial charge in [-0.1, -0.05) is 36.4 Å². The van der Waals surface area contributed by atoms with Gasteiger partial charge in [0.1, 0.15) is 6.29 Å². The van der Waals surface area contributed by atoms with Gasteiger partial charge in [0.2, 0.25) is 11.8 Å². The second-order valence-corrected chi connectivity index (χ2v) is 12.5. The molecule has 3 aliphatic rings. The molecule has 0 radical (unpaired) electrons. The van der Waals surface area contributed by atoms with E-state index in [4.69, 9.17) is 9.73 Å². The largest absolute Gasteiger partial charge is 0.378 e. The molecular weight excluding hydrogens is 546 g/mol. The molecule has 226 valence electrons. The van der Waals surface area contributed by atoms with E-state index in [1.54, 1.807) is 16.7 Å². The summed E-state index contributed by atoms with van der Waals surface area (Å²) in [7, 11) is 2.01. The van der Waals surface area contributed by atoms with Gasteiger partial charge in [0.05, 0.1) is 24.9 Å². The highest BCUT2D eigenvalue weighted by molar-refractivity contribution is 8.14. The van der Waals surface area contributed by atoms with Crippen molar-refractivity contribution in [2.24, 2.45) is 4.99 Å². The van der Waals surface area contributed by atoms with Crippen molar-refractivity contribution in [2.75, 3.05) is 44.7 Å². The fourth-order valence-electron chi connectivity index (χ4n) is 5.19. The molecule has 1 heterocycles. The fourth-order valence-corrected chi connectivity index (χ4v) is 6.48. The van der Waals surface area contributed by atoms with Crippen LogP contribution in [0.3, 0.4) is 0 Å². The number of nitrogens with zero attached hydrogens (tertiary/aromatic N) is 3. The average molecular weight is 591 g/mol. The highest BCUT2D eigenvalue weighted by Crippen LogP contribution is 2.35.